The van der Waals surface area contributed by atoms with Crippen LogP contribution in [0.1, 0.15) is 18.3 Å². The van der Waals surface area contributed by atoms with Crippen molar-refractivity contribution < 1.29 is 0 Å². The molecule has 0 saturated carbocycles. The monoisotopic (exact) mass is 266 g/mol. The van der Waals surface area contributed by atoms with Gasteiger partial charge in [0.05, 0.1) is 11.6 Å². The summed E-state index contributed by atoms with van der Waals surface area (Å²) in [7, 11) is 0. The maximum atomic E-state index is 8.80. The number of hydrogen-bond donors (Lipinski definition) is 0. The van der Waals surface area contributed by atoms with Gasteiger partial charge in [0.25, 0.3) is 0 Å². The zero-order valence-corrected chi connectivity index (χ0v) is 11.7. The second-order valence-electron chi connectivity index (χ2n) is 5.28. The average Bonchev–Trinajstić information content (AvgIpc) is 2.90. The van der Waals surface area contributed by atoms with E-state index in [4.69, 9.17) is 5.26 Å². The lowest BCUT2D eigenvalue weighted by atomic mass is 9.98. The van der Waals surface area contributed by atoms with E-state index in [2.05, 4.69) is 33.6 Å². The summed E-state index contributed by atoms with van der Waals surface area (Å²) in [6.07, 6.45) is 4.94. The Labute approximate surface area is 119 Å². The molecule has 102 valence electrons. The summed E-state index contributed by atoms with van der Waals surface area (Å²) < 4.78 is 2.26. The molecule has 2 heterocycles. The van der Waals surface area contributed by atoms with Crippen molar-refractivity contribution in [2.75, 3.05) is 18.0 Å². The number of nitriles is 1. The van der Waals surface area contributed by atoms with Gasteiger partial charge in [-0.3, -0.25) is 0 Å². The highest BCUT2D eigenvalue weighted by Crippen LogP contribution is 2.26. The zero-order chi connectivity index (χ0) is 13.9. The van der Waals surface area contributed by atoms with Crippen LogP contribution in [-0.4, -0.2) is 22.6 Å². The summed E-state index contributed by atoms with van der Waals surface area (Å²) in [5.74, 6) is 1.85. The van der Waals surface area contributed by atoms with E-state index in [0.29, 0.717) is 5.92 Å². The number of aryl methyl sites for hydroxylation is 1. The van der Waals surface area contributed by atoms with Crippen molar-refractivity contribution in [2.24, 2.45) is 5.92 Å². The van der Waals surface area contributed by atoms with Gasteiger partial charge in [0.2, 0.25) is 0 Å². The van der Waals surface area contributed by atoms with Crippen LogP contribution < -0.4 is 4.90 Å². The minimum Gasteiger partial charge on any atom is -0.371 e. The third-order valence-corrected chi connectivity index (χ3v) is 3.89. The molecule has 0 radical (unpaired) electrons. The molecule has 0 aliphatic carbocycles. The smallest absolute Gasteiger partial charge is 0.108 e. The molecule has 1 saturated heterocycles. The maximum absolute atomic E-state index is 8.80. The second-order valence-corrected chi connectivity index (χ2v) is 5.28. The van der Waals surface area contributed by atoms with Crippen LogP contribution in [0.3, 0.4) is 0 Å². The van der Waals surface area contributed by atoms with Crippen LogP contribution in [0, 0.1) is 17.2 Å². The Morgan fingerprint density at radius 3 is 2.70 bits per heavy atom. The number of anilines is 1. The van der Waals surface area contributed by atoms with Gasteiger partial charge < -0.3 is 9.47 Å². The van der Waals surface area contributed by atoms with Gasteiger partial charge in [0.15, 0.2) is 0 Å². The fourth-order valence-corrected chi connectivity index (χ4v) is 2.74. The lowest BCUT2D eigenvalue weighted by Crippen LogP contribution is -2.48. The van der Waals surface area contributed by atoms with Crippen LogP contribution in [0.25, 0.3) is 0 Å². The molecule has 0 spiro atoms. The highest BCUT2D eigenvalue weighted by atomic mass is 15.2. The molecule has 0 atom stereocenters. The molecule has 1 fully saturated rings. The number of hydrogen-bond acceptors (Lipinski definition) is 3. The molecule has 4 nitrogen and oxygen atoms in total. The molecule has 1 aliphatic rings. The number of rotatable bonds is 4. The molecule has 0 bridgehead atoms. The van der Waals surface area contributed by atoms with E-state index in [1.54, 1.807) is 0 Å². The molecular formula is C16H18N4. The Morgan fingerprint density at radius 1 is 1.30 bits per heavy atom. The fraction of sp³-hybridized carbons (Fsp3) is 0.375. The van der Waals surface area contributed by atoms with Gasteiger partial charge in [-0.05, 0) is 24.3 Å². The summed E-state index contributed by atoms with van der Waals surface area (Å²) in [6, 6.07) is 9.98. The fourth-order valence-electron chi connectivity index (χ4n) is 2.74. The van der Waals surface area contributed by atoms with E-state index >= 15 is 0 Å². The molecular weight excluding hydrogens is 248 g/mol. The van der Waals surface area contributed by atoms with Crippen molar-refractivity contribution in [3.8, 4) is 6.07 Å². The van der Waals surface area contributed by atoms with E-state index in [9.17, 15) is 0 Å². The molecule has 1 aromatic heterocycles. The summed E-state index contributed by atoms with van der Waals surface area (Å²) >= 11 is 0. The van der Waals surface area contributed by atoms with Crippen molar-refractivity contribution >= 4 is 5.69 Å². The average molecular weight is 266 g/mol. The zero-order valence-electron chi connectivity index (χ0n) is 11.7. The number of benzene rings is 1. The van der Waals surface area contributed by atoms with Crippen molar-refractivity contribution in [2.45, 2.75) is 19.9 Å². The van der Waals surface area contributed by atoms with Gasteiger partial charge in [-0.25, -0.2) is 4.98 Å². The summed E-state index contributed by atoms with van der Waals surface area (Å²) in [4.78, 5) is 6.72. The minimum atomic E-state index is 0.685. The standard InChI is InChI=1S/C16H18N4/c1-2-16-18-7-8-19(16)10-14-11-20(12-14)15-5-3-13(9-17)4-6-15/h3-8,14H,2,10-12H2,1H3. The second kappa shape index (κ2) is 5.38. The normalized spacial score (nSPS) is 14.9. The molecule has 3 rings (SSSR count). The Balaban J connectivity index is 1.57. The first-order valence-electron chi connectivity index (χ1n) is 7.05. The van der Waals surface area contributed by atoms with Crippen LogP contribution >= 0.6 is 0 Å². The van der Waals surface area contributed by atoms with Gasteiger partial charge in [-0.2, -0.15) is 5.26 Å². The van der Waals surface area contributed by atoms with Crippen LogP contribution in [0.5, 0.6) is 0 Å². The maximum Gasteiger partial charge on any atom is 0.108 e. The van der Waals surface area contributed by atoms with E-state index in [-0.39, 0.29) is 0 Å². The largest absolute Gasteiger partial charge is 0.371 e. The Morgan fingerprint density at radius 2 is 2.05 bits per heavy atom. The predicted molar refractivity (Wildman–Crippen MR) is 78.5 cm³/mol. The van der Waals surface area contributed by atoms with Crippen molar-refractivity contribution in [1.29, 1.82) is 5.26 Å². The van der Waals surface area contributed by atoms with Crippen LogP contribution in [0.15, 0.2) is 36.7 Å². The predicted octanol–water partition coefficient (Wildman–Crippen LogP) is 2.45. The third-order valence-electron chi connectivity index (χ3n) is 3.89. The molecule has 0 unspecified atom stereocenters. The van der Waals surface area contributed by atoms with E-state index in [0.717, 1.165) is 31.6 Å². The highest BCUT2D eigenvalue weighted by Gasteiger charge is 2.27. The van der Waals surface area contributed by atoms with Crippen molar-refractivity contribution in [3.05, 3.63) is 48.0 Å². The first-order chi connectivity index (χ1) is 9.80. The van der Waals surface area contributed by atoms with E-state index in [1.807, 2.05) is 30.5 Å². The van der Waals surface area contributed by atoms with Crippen LogP contribution in [-0.2, 0) is 13.0 Å². The van der Waals surface area contributed by atoms with E-state index < -0.39 is 0 Å². The van der Waals surface area contributed by atoms with E-state index in [1.165, 1.54) is 11.5 Å². The van der Waals surface area contributed by atoms with Gasteiger partial charge in [-0.1, -0.05) is 6.92 Å². The van der Waals surface area contributed by atoms with Crippen LogP contribution in [0.4, 0.5) is 5.69 Å². The van der Waals surface area contributed by atoms with Crippen molar-refractivity contribution in [3.63, 3.8) is 0 Å². The molecule has 2 aromatic rings. The molecule has 0 N–H and O–H groups in total. The first-order valence-corrected chi connectivity index (χ1v) is 7.05. The molecule has 4 heteroatoms. The minimum absolute atomic E-state index is 0.685. The van der Waals surface area contributed by atoms with Gasteiger partial charge in [-0.15, -0.1) is 0 Å². The quantitative estimate of drug-likeness (QED) is 0.854. The summed E-state index contributed by atoms with van der Waals surface area (Å²) in [6.45, 7) is 5.35. The lowest BCUT2D eigenvalue weighted by Gasteiger charge is -2.41. The SMILES string of the molecule is CCc1nccn1CC1CN(c2ccc(C#N)cc2)C1. The topological polar surface area (TPSA) is 44.9 Å². The third kappa shape index (κ3) is 2.39. The molecule has 0 amide bonds. The Bertz CT molecular complexity index is 615. The number of aromatic nitrogens is 2. The number of imidazole rings is 1. The van der Waals surface area contributed by atoms with Gasteiger partial charge in [0, 0.05) is 50.1 Å². The highest BCUT2D eigenvalue weighted by molar-refractivity contribution is 5.51. The molecule has 20 heavy (non-hydrogen) atoms. The molecule has 1 aliphatic heterocycles. The van der Waals surface area contributed by atoms with Gasteiger partial charge in [0.1, 0.15) is 5.82 Å². The summed E-state index contributed by atoms with van der Waals surface area (Å²) in [5.41, 5.74) is 1.93. The first kappa shape index (κ1) is 12.7. The Kier molecular flexibility index (Phi) is 3.42. The number of nitrogens with zero attached hydrogens (tertiary/aromatic N) is 4. The van der Waals surface area contributed by atoms with Crippen LogP contribution in [0.2, 0.25) is 0 Å². The lowest BCUT2D eigenvalue weighted by molar-refractivity contribution is 0.353. The van der Waals surface area contributed by atoms with Crippen molar-refractivity contribution in [1.82, 2.24) is 9.55 Å². The molecule has 1 aromatic carbocycles. The van der Waals surface area contributed by atoms with Gasteiger partial charge >= 0.3 is 0 Å². The summed E-state index contributed by atoms with van der Waals surface area (Å²) in [5, 5.41) is 8.80. The Hall–Kier alpha value is -2.28.